The van der Waals surface area contributed by atoms with Crippen LogP contribution >= 0.6 is 0 Å². The Labute approximate surface area is 81.2 Å². The molecule has 0 amide bonds. The summed E-state index contributed by atoms with van der Waals surface area (Å²) in [4.78, 5) is 2.50. The summed E-state index contributed by atoms with van der Waals surface area (Å²) in [5, 5.41) is 8.63. The summed E-state index contributed by atoms with van der Waals surface area (Å²) < 4.78 is 0. The number of aliphatic hydroxyl groups excluding tert-OH is 1. The van der Waals surface area contributed by atoms with Gasteiger partial charge in [-0.2, -0.15) is 0 Å². The summed E-state index contributed by atoms with van der Waals surface area (Å²) in [5.74, 6) is 0.722. The number of piperidine rings is 1. The highest BCUT2D eigenvalue weighted by Gasteiger charge is 2.15. The van der Waals surface area contributed by atoms with Crippen molar-refractivity contribution >= 4 is 0 Å². The standard InChI is InChI=1S/C11H21NO/c1-2-12-8-5-7-11(10-12)6-3-4-9-13/h3,6,11,13H,2,4-5,7-10H2,1H3/b6-3-. The van der Waals surface area contributed by atoms with E-state index >= 15 is 0 Å². The van der Waals surface area contributed by atoms with Gasteiger partial charge in [0.25, 0.3) is 0 Å². The van der Waals surface area contributed by atoms with Crippen molar-refractivity contribution in [1.82, 2.24) is 4.90 Å². The molecule has 1 aliphatic rings. The zero-order valence-electron chi connectivity index (χ0n) is 8.58. The molecule has 0 radical (unpaired) electrons. The van der Waals surface area contributed by atoms with Crippen LogP contribution in [0.15, 0.2) is 12.2 Å². The quantitative estimate of drug-likeness (QED) is 0.670. The Balaban J connectivity index is 2.25. The van der Waals surface area contributed by atoms with E-state index in [0.29, 0.717) is 0 Å². The molecular weight excluding hydrogens is 162 g/mol. The van der Waals surface area contributed by atoms with Crippen LogP contribution in [0.4, 0.5) is 0 Å². The van der Waals surface area contributed by atoms with Crippen LogP contribution in [0.2, 0.25) is 0 Å². The van der Waals surface area contributed by atoms with E-state index in [1.54, 1.807) is 0 Å². The van der Waals surface area contributed by atoms with E-state index in [-0.39, 0.29) is 6.61 Å². The van der Waals surface area contributed by atoms with Gasteiger partial charge in [-0.05, 0) is 38.3 Å². The van der Waals surface area contributed by atoms with Crippen LogP contribution in [-0.2, 0) is 0 Å². The van der Waals surface area contributed by atoms with Crippen LogP contribution in [0.5, 0.6) is 0 Å². The molecule has 1 N–H and O–H groups in total. The first kappa shape index (κ1) is 10.7. The zero-order chi connectivity index (χ0) is 9.52. The summed E-state index contributed by atoms with van der Waals surface area (Å²) in [6.07, 6.45) is 7.84. The molecule has 13 heavy (non-hydrogen) atoms. The van der Waals surface area contributed by atoms with Gasteiger partial charge in [-0.3, -0.25) is 0 Å². The van der Waals surface area contributed by atoms with Crippen molar-refractivity contribution in [3.8, 4) is 0 Å². The Morgan fingerprint density at radius 3 is 3.08 bits per heavy atom. The lowest BCUT2D eigenvalue weighted by Crippen LogP contribution is -2.34. The second-order valence-corrected chi connectivity index (χ2v) is 3.74. The fourth-order valence-corrected chi connectivity index (χ4v) is 1.90. The third-order valence-electron chi connectivity index (χ3n) is 2.69. The second-order valence-electron chi connectivity index (χ2n) is 3.74. The molecule has 1 atom stereocenters. The van der Waals surface area contributed by atoms with E-state index in [1.165, 1.54) is 32.5 Å². The number of hydrogen-bond acceptors (Lipinski definition) is 2. The minimum absolute atomic E-state index is 0.278. The topological polar surface area (TPSA) is 23.5 Å². The summed E-state index contributed by atoms with van der Waals surface area (Å²) in [7, 11) is 0. The van der Waals surface area contributed by atoms with Gasteiger partial charge in [0.15, 0.2) is 0 Å². The van der Waals surface area contributed by atoms with Crippen LogP contribution in [0, 0.1) is 5.92 Å². The Kier molecular flexibility index (Phi) is 5.09. The monoisotopic (exact) mass is 183 g/mol. The number of hydrogen-bond donors (Lipinski definition) is 1. The number of aliphatic hydroxyl groups is 1. The molecule has 0 saturated carbocycles. The van der Waals surface area contributed by atoms with Crippen molar-refractivity contribution in [3.63, 3.8) is 0 Å². The Morgan fingerprint density at radius 2 is 2.38 bits per heavy atom. The van der Waals surface area contributed by atoms with Crippen LogP contribution in [0.3, 0.4) is 0 Å². The van der Waals surface area contributed by atoms with Crippen molar-refractivity contribution in [3.05, 3.63) is 12.2 Å². The van der Waals surface area contributed by atoms with Gasteiger partial charge in [-0.25, -0.2) is 0 Å². The van der Waals surface area contributed by atoms with Crippen molar-refractivity contribution in [2.45, 2.75) is 26.2 Å². The number of nitrogens with zero attached hydrogens (tertiary/aromatic N) is 1. The van der Waals surface area contributed by atoms with E-state index in [0.717, 1.165) is 12.3 Å². The highest BCUT2D eigenvalue weighted by molar-refractivity contribution is 4.91. The smallest absolute Gasteiger partial charge is 0.0465 e. The molecule has 1 heterocycles. The molecule has 2 heteroatoms. The molecule has 0 spiro atoms. The molecule has 1 unspecified atom stereocenters. The summed E-state index contributed by atoms with van der Waals surface area (Å²) >= 11 is 0. The van der Waals surface area contributed by atoms with Crippen LogP contribution in [0.25, 0.3) is 0 Å². The second kappa shape index (κ2) is 6.17. The molecule has 0 aliphatic carbocycles. The van der Waals surface area contributed by atoms with Gasteiger partial charge in [-0.15, -0.1) is 0 Å². The minimum Gasteiger partial charge on any atom is -0.396 e. The van der Waals surface area contributed by atoms with Gasteiger partial charge >= 0.3 is 0 Å². The first-order valence-electron chi connectivity index (χ1n) is 5.36. The maximum Gasteiger partial charge on any atom is 0.0465 e. The van der Waals surface area contributed by atoms with Gasteiger partial charge in [0.05, 0.1) is 0 Å². The van der Waals surface area contributed by atoms with Crippen molar-refractivity contribution in [2.24, 2.45) is 5.92 Å². The lowest BCUT2D eigenvalue weighted by atomic mass is 9.97. The van der Waals surface area contributed by atoms with E-state index in [2.05, 4.69) is 24.0 Å². The van der Waals surface area contributed by atoms with Crippen molar-refractivity contribution in [2.75, 3.05) is 26.2 Å². The van der Waals surface area contributed by atoms with Crippen LogP contribution < -0.4 is 0 Å². The molecule has 0 aromatic rings. The van der Waals surface area contributed by atoms with Gasteiger partial charge in [0, 0.05) is 13.2 Å². The van der Waals surface area contributed by atoms with Gasteiger partial charge in [0.1, 0.15) is 0 Å². The van der Waals surface area contributed by atoms with Crippen molar-refractivity contribution in [1.29, 1.82) is 0 Å². The molecule has 2 nitrogen and oxygen atoms in total. The Morgan fingerprint density at radius 1 is 1.54 bits per heavy atom. The van der Waals surface area contributed by atoms with Gasteiger partial charge in [0.2, 0.25) is 0 Å². The van der Waals surface area contributed by atoms with Crippen LogP contribution in [0.1, 0.15) is 26.2 Å². The molecule has 76 valence electrons. The highest BCUT2D eigenvalue weighted by Crippen LogP contribution is 2.17. The van der Waals surface area contributed by atoms with E-state index in [9.17, 15) is 0 Å². The maximum absolute atomic E-state index is 8.63. The maximum atomic E-state index is 8.63. The molecule has 1 rings (SSSR count). The number of rotatable bonds is 4. The van der Waals surface area contributed by atoms with Gasteiger partial charge in [-0.1, -0.05) is 19.1 Å². The lowest BCUT2D eigenvalue weighted by Gasteiger charge is -2.30. The lowest BCUT2D eigenvalue weighted by molar-refractivity contribution is 0.206. The van der Waals surface area contributed by atoms with E-state index < -0.39 is 0 Å². The molecule has 0 bridgehead atoms. The molecule has 1 aliphatic heterocycles. The summed E-state index contributed by atoms with van der Waals surface area (Å²) in [6, 6.07) is 0. The summed E-state index contributed by atoms with van der Waals surface area (Å²) in [6.45, 7) is 6.14. The average molecular weight is 183 g/mol. The van der Waals surface area contributed by atoms with Crippen LogP contribution in [-0.4, -0.2) is 36.2 Å². The largest absolute Gasteiger partial charge is 0.396 e. The molecule has 1 saturated heterocycles. The summed E-state index contributed by atoms with van der Waals surface area (Å²) in [5.41, 5.74) is 0. The molecule has 0 aromatic carbocycles. The third-order valence-corrected chi connectivity index (χ3v) is 2.69. The Hall–Kier alpha value is -0.340. The average Bonchev–Trinajstić information content (AvgIpc) is 2.19. The normalized spacial score (nSPS) is 25.5. The van der Waals surface area contributed by atoms with E-state index in [4.69, 9.17) is 5.11 Å². The molecule has 1 fully saturated rings. The third kappa shape index (κ3) is 3.92. The molecular formula is C11H21NO. The Bertz CT molecular complexity index is 156. The highest BCUT2D eigenvalue weighted by atomic mass is 16.2. The predicted octanol–water partition coefficient (Wildman–Crippen LogP) is 1.66. The van der Waals surface area contributed by atoms with Crippen molar-refractivity contribution < 1.29 is 5.11 Å². The zero-order valence-corrected chi connectivity index (χ0v) is 8.58. The van der Waals surface area contributed by atoms with Gasteiger partial charge < -0.3 is 10.0 Å². The SMILES string of the molecule is CCN1CCCC(/C=C\CCO)C1. The minimum atomic E-state index is 0.278. The first-order chi connectivity index (χ1) is 6.36. The van der Waals surface area contributed by atoms with E-state index in [1.807, 2.05) is 0 Å². The predicted molar refractivity (Wildman–Crippen MR) is 55.7 cm³/mol. The number of likely N-dealkylation sites (tertiary alicyclic amines) is 1. The fraction of sp³-hybridized carbons (Fsp3) is 0.818. The fourth-order valence-electron chi connectivity index (χ4n) is 1.90. The first-order valence-corrected chi connectivity index (χ1v) is 5.36. The molecule has 0 aromatic heterocycles.